The lowest BCUT2D eigenvalue weighted by Gasteiger charge is -2.32. The number of aromatic nitrogens is 2. The molecule has 0 bridgehead atoms. The monoisotopic (exact) mass is 262 g/mol. The predicted octanol–water partition coefficient (Wildman–Crippen LogP) is 1.43. The van der Waals surface area contributed by atoms with Gasteiger partial charge in [0.05, 0.1) is 6.20 Å². The molecular formula is C15H26N4. The summed E-state index contributed by atoms with van der Waals surface area (Å²) < 4.78 is 1.89. The van der Waals surface area contributed by atoms with Gasteiger partial charge in [-0.25, -0.2) is 0 Å². The van der Waals surface area contributed by atoms with E-state index in [0.29, 0.717) is 0 Å². The molecular weight excluding hydrogens is 236 g/mol. The lowest BCUT2D eigenvalue weighted by Crippen LogP contribution is -2.38. The standard InChI is InChI=1S/C15H26N4/c1-18-12-14(11-17-18)6-9-19-7-4-13(5-8-19)10-16-15-2-3-15/h11-13,15-16H,2-10H2,1H3. The van der Waals surface area contributed by atoms with Crippen LogP contribution in [0.1, 0.15) is 31.2 Å². The third-order valence-electron chi connectivity index (χ3n) is 4.45. The normalized spacial score (nSPS) is 21.9. The maximum atomic E-state index is 4.23. The van der Waals surface area contributed by atoms with Crippen LogP contribution in [0.15, 0.2) is 12.4 Å². The number of rotatable bonds is 6. The number of hydrogen-bond donors (Lipinski definition) is 1. The van der Waals surface area contributed by atoms with Crippen molar-refractivity contribution in [1.29, 1.82) is 0 Å². The Balaban J connectivity index is 1.33. The minimum atomic E-state index is 0.864. The Hall–Kier alpha value is -0.870. The van der Waals surface area contributed by atoms with Gasteiger partial charge >= 0.3 is 0 Å². The molecule has 1 aliphatic carbocycles. The Morgan fingerprint density at radius 2 is 2.05 bits per heavy atom. The number of nitrogens with zero attached hydrogens (tertiary/aromatic N) is 3. The number of nitrogens with one attached hydrogen (secondary N) is 1. The minimum Gasteiger partial charge on any atom is -0.314 e. The van der Waals surface area contributed by atoms with E-state index in [-0.39, 0.29) is 0 Å². The Bertz CT molecular complexity index is 389. The maximum Gasteiger partial charge on any atom is 0.0522 e. The van der Waals surface area contributed by atoms with Crippen molar-refractivity contribution in [3.63, 3.8) is 0 Å². The molecule has 0 unspecified atom stereocenters. The SMILES string of the molecule is Cn1cc(CCN2CCC(CNC3CC3)CC2)cn1. The van der Waals surface area contributed by atoms with Crippen molar-refractivity contribution in [2.24, 2.45) is 13.0 Å². The molecule has 0 aromatic carbocycles. The van der Waals surface area contributed by atoms with Crippen LogP contribution in [-0.4, -0.2) is 46.9 Å². The Morgan fingerprint density at radius 1 is 1.26 bits per heavy atom. The van der Waals surface area contributed by atoms with Gasteiger partial charge in [0.2, 0.25) is 0 Å². The summed E-state index contributed by atoms with van der Waals surface area (Å²) in [5, 5.41) is 7.90. The lowest BCUT2D eigenvalue weighted by molar-refractivity contribution is 0.184. The summed E-state index contributed by atoms with van der Waals surface area (Å²) in [6, 6.07) is 0.864. The average molecular weight is 262 g/mol. The fourth-order valence-corrected chi connectivity index (χ4v) is 2.92. The molecule has 19 heavy (non-hydrogen) atoms. The van der Waals surface area contributed by atoms with Crippen LogP contribution in [0.5, 0.6) is 0 Å². The highest BCUT2D eigenvalue weighted by atomic mass is 15.2. The Labute approximate surface area is 116 Å². The van der Waals surface area contributed by atoms with E-state index in [4.69, 9.17) is 0 Å². The maximum absolute atomic E-state index is 4.23. The second-order valence-electron chi connectivity index (χ2n) is 6.24. The first-order chi connectivity index (χ1) is 9.29. The smallest absolute Gasteiger partial charge is 0.0522 e. The van der Waals surface area contributed by atoms with Gasteiger partial charge in [0.15, 0.2) is 0 Å². The summed E-state index contributed by atoms with van der Waals surface area (Å²) in [7, 11) is 1.99. The predicted molar refractivity (Wildman–Crippen MR) is 77.1 cm³/mol. The van der Waals surface area contributed by atoms with Crippen molar-refractivity contribution in [2.75, 3.05) is 26.2 Å². The minimum absolute atomic E-state index is 0.864. The molecule has 0 spiro atoms. The molecule has 2 fully saturated rings. The fraction of sp³-hybridized carbons (Fsp3) is 0.800. The van der Waals surface area contributed by atoms with E-state index in [0.717, 1.165) is 18.4 Å². The first kappa shape index (κ1) is 13.1. The van der Waals surface area contributed by atoms with Crippen LogP contribution < -0.4 is 5.32 Å². The molecule has 2 aliphatic rings. The Morgan fingerprint density at radius 3 is 2.68 bits per heavy atom. The van der Waals surface area contributed by atoms with Crippen LogP contribution in [0.4, 0.5) is 0 Å². The molecule has 3 rings (SSSR count). The van der Waals surface area contributed by atoms with E-state index >= 15 is 0 Å². The van der Waals surface area contributed by atoms with Gasteiger partial charge < -0.3 is 10.2 Å². The first-order valence-electron chi connectivity index (χ1n) is 7.73. The molecule has 0 amide bonds. The zero-order valence-electron chi connectivity index (χ0n) is 12.0. The van der Waals surface area contributed by atoms with Gasteiger partial charge in [-0.3, -0.25) is 4.68 Å². The van der Waals surface area contributed by atoms with Crippen LogP contribution in [0.2, 0.25) is 0 Å². The van der Waals surface area contributed by atoms with Crippen molar-refractivity contribution in [3.8, 4) is 0 Å². The summed E-state index contributed by atoms with van der Waals surface area (Å²) in [6.45, 7) is 4.99. The molecule has 1 N–H and O–H groups in total. The summed E-state index contributed by atoms with van der Waals surface area (Å²) in [5.74, 6) is 0.912. The molecule has 0 radical (unpaired) electrons. The van der Waals surface area contributed by atoms with E-state index in [1.807, 2.05) is 17.9 Å². The lowest BCUT2D eigenvalue weighted by atomic mass is 9.96. The molecule has 1 saturated heterocycles. The van der Waals surface area contributed by atoms with E-state index in [2.05, 4.69) is 21.5 Å². The zero-order valence-corrected chi connectivity index (χ0v) is 12.0. The second kappa shape index (κ2) is 6.06. The van der Waals surface area contributed by atoms with Crippen LogP contribution in [-0.2, 0) is 13.5 Å². The molecule has 2 heterocycles. The number of hydrogen-bond acceptors (Lipinski definition) is 3. The van der Waals surface area contributed by atoms with Crippen molar-refractivity contribution >= 4 is 0 Å². The van der Waals surface area contributed by atoms with Gasteiger partial charge in [-0.15, -0.1) is 0 Å². The molecule has 1 aliphatic heterocycles. The highest BCUT2D eigenvalue weighted by Crippen LogP contribution is 2.21. The van der Waals surface area contributed by atoms with Gasteiger partial charge in [-0.1, -0.05) is 0 Å². The molecule has 1 aromatic rings. The quantitative estimate of drug-likeness (QED) is 0.842. The molecule has 4 heteroatoms. The molecule has 1 aromatic heterocycles. The van der Waals surface area contributed by atoms with E-state index in [1.165, 1.54) is 57.4 Å². The van der Waals surface area contributed by atoms with Crippen LogP contribution in [0.25, 0.3) is 0 Å². The third-order valence-corrected chi connectivity index (χ3v) is 4.45. The second-order valence-corrected chi connectivity index (χ2v) is 6.24. The van der Waals surface area contributed by atoms with Crippen LogP contribution in [0.3, 0.4) is 0 Å². The largest absolute Gasteiger partial charge is 0.314 e. The summed E-state index contributed by atoms with van der Waals surface area (Å²) in [6.07, 6.45) is 10.8. The van der Waals surface area contributed by atoms with Gasteiger partial charge in [0, 0.05) is 25.8 Å². The fourth-order valence-electron chi connectivity index (χ4n) is 2.92. The third kappa shape index (κ3) is 4.05. The average Bonchev–Trinajstić information content (AvgIpc) is 3.17. The topological polar surface area (TPSA) is 33.1 Å². The molecule has 0 atom stereocenters. The molecule has 106 valence electrons. The summed E-state index contributed by atoms with van der Waals surface area (Å²) in [4.78, 5) is 2.61. The molecule has 1 saturated carbocycles. The summed E-state index contributed by atoms with van der Waals surface area (Å²) >= 11 is 0. The zero-order chi connectivity index (χ0) is 13.1. The number of likely N-dealkylation sites (tertiary alicyclic amines) is 1. The van der Waals surface area contributed by atoms with Gasteiger partial charge in [-0.05, 0) is 63.2 Å². The Kier molecular flexibility index (Phi) is 4.18. The van der Waals surface area contributed by atoms with Crippen molar-refractivity contribution < 1.29 is 0 Å². The van der Waals surface area contributed by atoms with Crippen molar-refractivity contribution in [2.45, 2.75) is 38.1 Å². The van der Waals surface area contributed by atoms with Crippen LogP contribution >= 0.6 is 0 Å². The first-order valence-corrected chi connectivity index (χ1v) is 7.73. The van der Waals surface area contributed by atoms with E-state index in [1.54, 1.807) is 0 Å². The highest BCUT2D eigenvalue weighted by molar-refractivity contribution is 5.04. The number of piperidine rings is 1. The van der Waals surface area contributed by atoms with Crippen molar-refractivity contribution in [1.82, 2.24) is 20.0 Å². The number of aryl methyl sites for hydroxylation is 1. The van der Waals surface area contributed by atoms with E-state index in [9.17, 15) is 0 Å². The van der Waals surface area contributed by atoms with Gasteiger partial charge in [0.25, 0.3) is 0 Å². The molecule has 4 nitrogen and oxygen atoms in total. The van der Waals surface area contributed by atoms with Gasteiger partial charge in [0.1, 0.15) is 0 Å². The van der Waals surface area contributed by atoms with E-state index < -0.39 is 0 Å². The summed E-state index contributed by atoms with van der Waals surface area (Å²) in [5.41, 5.74) is 1.36. The highest BCUT2D eigenvalue weighted by Gasteiger charge is 2.24. The van der Waals surface area contributed by atoms with Crippen molar-refractivity contribution in [3.05, 3.63) is 18.0 Å². The van der Waals surface area contributed by atoms with Gasteiger partial charge in [-0.2, -0.15) is 5.10 Å². The van der Waals surface area contributed by atoms with Crippen LogP contribution in [0, 0.1) is 5.92 Å².